The molecule has 1 heterocycles. The first-order chi connectivity index (χ1) is 9.90. The van der Waals surface area contributed by atoms with Gasteiger partial charge in [0.1, 0.15) is 0 Å². The van der Waals surface area contributed by atoms with Gasteiger partial charge in [-0.3, -0.25) is 4.79 Å². The Kier molecular flexibility index (Phi) is 4.88. The maximum Gasteiger partial charge on any atom is 0.320 e. The lowest BCUT2D eigenvalue weighted by molar-refractivity contribution is -0.142. The lowest BCUT2D eigenvalue weighted by Crippen LogP contribution is -2.44. The summed E-state index contributed by atoms with van der Waals surface area (Å²) in [6, 6.07) is 7.42. The predicted octanol–water partition coefficient (Wildman–Crippen LogP) is 2.80. The molecule has 2 atom stereocenters. The van der Waals surface area contributed by atoms with Crippen LogP contribution in [0, 0.1) is 5.92 Å². The third kappa shape index (κ3) is 3.56. The van der Waals surface area contributed by atoms with Crippen LogP contribution in [0.25, 0.3) is 0 Å². The number of hydrogen-bond donors (Lipinski definition) is 1. The van der Waals surface area contributed by atoms with Gasteiger partial charge < -0.3 is 14.9 Å². The van der Waals surface area contributed by atoms with E-state index < -0.39 is 11.9 Å². The van der Waals surface area contributed by atoms with Crippen molar-refractivity contribution in [3.05, 3.63) is 34.3 Å². The Labute approximate surface area is 132 Å². The average molecular weight is 355 g/mol. The van der Waals surface area contributed by atoms with E-state index in [4.69, 9.17) is 5.11 Å². The van der Waals surface area contributed by atoms with E-state index >= 15 is 0 Å². The summed E-state index contributed by atoms with van der Waals surface area (Å²) < 4.78 is 0.998. The molecule has 1 N–H and O–H groups in total. The van der Waals surface area contributed by atoms with Crippen LogP contribution in [0.5, 0.6) is 0 Å². The molecule has 2 unspecified atom stereocenters. The van der Waals surface area contributed by atoms with Crippen molar-refractivity contribution in [2.24, 2.45) is 5.92 Å². The Morgan fingerprint density at radius 2 is 2.00 bits per heavy atom. The van der Waals surface area contributed by atoms with Crippen LogP contribution in [0.15, 0.2) is 28.7 Å². The molecule has 1 aliphatic heterocycles. The van der Waals surface area contributed by atoms with Crippen molar-refractivity contribution in [2.45, 2.75) is 25.9 Å². The van der Waals surface area contributed by atoms with Gasteiger partial charge in [0.15, 0.2) is 0 Å². The van der Waals surface area contributed by atoms with Gasteiger partial charge in [-0.2, -0.15) is 0 Å². The number of halogens is 1. The molecular weight excluding hydrogens is 336 g/mol. The second-order valence-corrected chi connectivity index (χ2v) is 6.35. The van der Waals surface area contributed by atoms with Crippen LogP contribution >= 0.6 is 15.9 Å². The molecule has 2 amide bonds. The van der Waals surface area contributed by atoms with E-state index in [1.54, 1.807) is 23.8 Å². The van der Waals surface area contributed by atoms with Crippen LogP contribution in [-0.2, 0) is 11.3 Å². The van der Waals surface area contributed by atoms with E-state index in [-0.39, 0.29) is 12.1 Å². The highest BCUT2D eigenvalue weighted by Crippen LogP contribution is 2.25. The fourth-order valence-electron chi connectivity index (χ4n) is 2.69. The Balaban J connectivity index is 1.99. The Morgan fingerprint density at radius 1 is 1.38 bits per heavy atom. The molecule has 5 nitrogen and oxygen atoms in total. The summed E-state index contributed by atoms with van der Waals surface area (Å²) in [7, 11) is 1.74. The van der Waals surface area contributed by atoms with E-state index in [1.165, 1.54) is 0 Å². The quantitative estimate of drug-likeness (QED) is 0.907. The molecule has 0 aromatic heterocycles. The summed E-state index contributed by atoms with van der Waals surface area (Å²) in [5, 5.41) is 9.13. The molecule has 2 rings (SSSR count). The lowest BCUT2D eigenvalue weighted by Gasteiger charge is -2.28. The van der Waals surface area contributed by atoms with Gasteiger partial charge in [0.25, 0.3) is 0 Å². The fraction of sp³-hybridized carbons (Fsp3) is 0.467. The van der Waals surface area contributed by atoms with Crippen molar-refractivity contribution in [2.75, 3.05) is 13.6 Å². The van der Waals surface area contributed by atoms with E-state index in [1.807, 2.05) is 24.3 Å². The van der Waals surface area contributed by atoms with Crippen molar-refractivity contribution in [1.82, 2.24) is 9.80 Å². The van der Waals surface area contributed by atoms with Crippen LogP contribution in [0.2, 0.25) is 0 Å². The normalized spacial score (nSPS) is 21.4. The van der Waals surface area contributed by atoms with Gasteiger partial charge in [-0.1, -0.05) is 28.1 Å². The summed E-state index contributed by atoms with van der Waals surface area (Å²) in [5.74, 6) is -1.29. The number of amides is 2. The minimum Gasteiger partial charge on any atom is -0.481 e. The molecule has 0 aliphatic carbocycles. The second-order valence-electron chi connectivity index (χ2n) is 5.43. The Hall–Kier alpha value is -1.56. The number of carboxylic acids is 1. The maximum atomic E-state index is 12.4. The van der Waals surface area contributed by atoms with Crippen molar-refractivity contribution >= 4 is 27.9 Å². The molecule has 21 heavy (non-hydrogen) atoms. The van der Waals surface area contributed by atoms with Crippen LogP contribution in [-0.4, -0.2) is 46.5 Å². The highest BCUT2D eigenvalue weighted by molar-refractivity contribution is 9.10. The van der Waals surface area contributed by atoms with Crippen molar-refractivity contribution in [3.8, 4) is 0 Å². The van der Waals surface area contributed by atoms with E-state index in [2.05, 4.69) is 15.9 Å². The van der Waals surface area contributed by atoms with Crippen LogP contribution in [0.4, 0.5) is 4.79 Å². The van der Waals surface area contributed by atoms with Crippen LogP contribution in [0.3, 0.4) is 0 Å². The monoisotopic (exact) mass is 354 g/mol. The number of carbonyl (C=O) groups is 2. The summed E-state index contributed by atoms with van der Waals surface area (Å²) in [5.41, 5.74) is 1.04. The Bertz CT molecular complexity index is 532. The molecule has 1 aromatic carbocycles. The number of hydrogen-bond acceptors (Lipinski definition) is 2. The largest absolute Gasteiger partial charge is 0.481 e. The molecule has 1 fully saturated rings. The predicted molar refractivity (Wildman–Crippen MR) is 82.9 cm³/mol. The molecule has 1 saturated heterocycles. The van der Waals surface area contributed by atoms with Gasteiger partial charge in [0, 0.05) is 30.7 Å². The topological polar surface area (TPSA) is 60.9 Å². The molecule has 6 heteroatoms. The van der Waals surface area contributed by atoms with Gasteiger partial charge in [-0.05, 0) is 31.0 Å². The fourth-order valence-corrected chi connectivity index (χ4v) is 2.95. The average Bonchev–Trinajstić information content (AvgIpc) is 2.82. The number of carboxylic acid groups (broad SMARTS) is 1. The minimum absolute atomic E-state index is 0.117. The third-order valence-electron chi connectivity index (χ3n) is 3.98. The van der Waals surface area contributed by atoms with Gasteiger partial charge in [-0.15, -0.1) is 0 Å². The standard InChI is InChI=1S/C15H19BrN2O3/c1-10-13(14(19)20)7-8-18(10)15(21)17(2)9-11-3-5-12(16)6-4-11/h3-6,10,13H,7-9H2,1-2H3,(H,19,20). The molecular formula is C15H19BrN2O3. The number of urea groups is 1. The van der Waals surface area contributed by atoms with Gasteiger partial charge >= 0.3 is 12.0 Å². The van der Waals surface area contributed by atoms with E-state index in [0.29, 0.717) is 19.5 Å². The first-order valence-corrected chi connectivity index (χ1v) is 7.68. The van der Waals surface area contributed by atoms with Gasteiger partial charge in [0.2, 0.25) is 0 Å². The van der Waals surface area contributed by atoms with Crippen molar-refractivity contribution in [3.63, 3.8) is 0 Å². The first-order valence-electron chi connectivity index (χ1n) is 6.89. The summed E-state index contributed by atoms with van der Waals surface area (Å²) in [6.45, 7) is 2.81. The molecule has 114 valence electrons. The third-order valence-corrected chi connectivity index (χ3v) is 4.51. The van der Waals surface area contributed by atoms with Gasteiger partial charge in [-0.25, -0.2) is 4.79 Å². The van der Waals surface area contributed by atoms with Crippen LogP contribution < -0.4 is 0 Å². The van der Waals surface area contributed by atoms with E-state index in [0.717, 1.165) is 10.0 Å². The highest BCUT2D eigenvalue weighted by Gasteiger charge is 2.39. The highest BCUT2D eigenvalue weighted by atomic mass is 79.9. The molecule has 0 saturated carbocycles. The van der Waals surface area contributed by atoms with Crippen molar-refractivity contribution in [1.29, 1.82) is 0 Å². The van der Waals surface area contributed by atoms with Gasteiger partial charge in [0.05, 0.1) is 5.92 Å². The summed E-state index contributed by atoms with van der Waals surface area (Å²) >= 11 is 3.38. The number of aliphatic carboxylic acids is 1. The SMILES string of the molecule is CC1C(C(=O)O)CCN1C(=O)N(C)Cc1ccc(Br)cc1. The number of benzene rings is 1. The molecule has 0 spiro atoms. The molecule has 1 aliphatic rings. The number of likely N-dealkylation sites (tertiary alicyclic amines) is 1. The molecule has 1 aromatic rings. The molecule has 0 radical (unpaired) electrons. The zero-order chi connectivity index (χ0) is 15.6. The maximum absolute atomic E-state index is 12.4. The smallest absolute Gasteiger partial charge is 0.320 e. The number of carbonyl (C=O) groups excluding carboxylic acids is 1. The second kappa shape index (κ2) is 6.47. The summed E-state index contributed by atoms with van der Waals surface area (Å²) in [6.07, 6.45) is 0.522. The Morgan fingerprint density at radius 3 is 2.52 bits per heavy atom. The minimum atomic E-state index is -0.826. The van der Waals surface area contributed by atoms with E-state index in [9.17, 15) is 9.59 Å². The van der Waals surface area contributed by atoms with Crippen molar-refractivity contribution < 1.29 is 14.7 Å². The zero-order valence-electron chi connectivity index (χ0n) is 12.1. The van der Waals surface area contributed by atoms with Crippen LogP contribution in [0.1, 0.15) is 18.9 Å². The first kappa shape index (κ1) is 15.8. The number of rotatable bonds is 3. The zero-order valence-corrected chi connectivity index (χ0v) is 13.7. The number of nitrogens with zero attached hydrogens (tertiary/aromatic N) is 2. The summed E-state index contributed by atoms with van der Waals surface area (Å²) in [4.78, 5) is 26.8. The molecule has 0 bridgehead atoms. The lowest BCUT2D eigenvalue weighted by atomic mass is 10.0.